The lowest BCUT2D eigenvalue weighted by Crippen LogP contribution is -2.46. The van der Waals surface area contributed by atoms with Gasteiger partial charge in [-0.05, 0) is 30.3 Å². The molecule has 2 aliphatic heterocycles. The fourth-order valence-electron chi connectivity index (χ4n) is 3.82. The topological polar surface area (TPSA) is 108 Å². The normalized spacial score (nSPS) is 24.5. The molecular weight excluding hydrogens is 400 g/mol. The van der Waals surface area contributed by atoms with Crippen LogP contribution in [0.4, 0.5) is 5.95 Å². The number of anilines is 1. The van der Waals surface area contributed by atoms with E-state index in [1.54, 1.807) is 30.7 Å². The van der Waals surface area contributed by atoms with Crippen LogP contribution in [0.5, 0.6) is 5.75 Å². The summed E-state index contributed by atoms with van der Waals surface area (Å²) in [6.07, 6.45) is 2.82. The molecule has 5 rings (SSSR count). The Morgan fingerprint density at radius 3 is 2.65 bits per heavy atom. The summed E-state index contributed by atoms with van der Waals surface area (Å²) in [6.45, 7) is 0.738. The summed E-state index contributed by atoms with van der Waals surface area (Å²) in [6, 6.07) is 14.3. The minimum absolute atomic E-state index is 0.0625. The van der Waals surface area contributed by atoms with Crippen molar-refractivity contribution in [2.45, 2.75) is 24.3 Å². The van der Waals surface area contributed by atoms with E-state index in [0.29, 0.717) is 36.4 Å². The maximum atomic E-state index is 12.3. The van der Waals surface area contributed by atoms with Gasteiger partial charge in [0.15, 0.2) is 12.4 Å². The number of amides is 1. The van der Waals surface area contributed by atoms with Gasteiger partial charge in [0.25, 0.3) is 5.91 Å². The molecule has 2 N–H and O–H groups in total. The lowest BCUT2D eigenvalue weighted by atomic mass is 10.1. The quantitative estimate of drug-likeness (QED) is 0.594. The van der Waals surface area contributed by atoms with Crippen molar-refractivity contribution in [2.24, 2.45) is 0 Å². The van der Waals surface area contributed by atoms with E-state index in [9.17, 15) is 4.79 Å². The number of carbonyl (C=O) groups excluding carboxylic acids is 1. The summed E-state index contributed by atoms with van der Waals surface area (Å²) in [5.74, 6) is 1.57. The van der Waals surface area contributed by atoms with Crippen LogP contribution in [0, 0.1) is 0 Å². The molecule has 2 aliphatic rings. The summed E-state index contributed by atoms with van der Waals surface area (Å²) < 4.78 is 22.7. The van der Waals surface area contributed by atoms with Crippen LogP contribution in [0.2, 0.25) is 0 Å². The molecule has 0 unspecified atom stereocenters. The highest BCUT2D eigenvalue weighted by Gasteiger charge is 2.48. The number of hydrogen-bond acceptors (Lipinski definition) is 8. The smallest absolute Gasteiger partial charge is 0.258 e. The van der Waals surface area contributed by atoms with Crippen molar-refractivity contribution in [1.82, 2.24) is 15.3 Å². The molecule has 160 valence electrons. The van der Waals surface area contributed by atoms with Crippen LogP contribution in [0.1, 0.15) is 0 Å². The molecule has 4 atom stereocenters. The van der Waals surface area contributed by atoms with E-state index >= 15 is 0 Å². The molecule has 1 amide bonds. The molecule has 9 nitrogen and oxygen atoms in total. The van der Waals surface area contributed by atoms with Crippen molar-refractivity contribution in [3.63, 3.8) is 0 Å². The van der Waals surface area contributed by atoms with Crippen molar-refractivity contribution in [2.75, 3.05) is 25.1 Å². The SMILES string of the molecule is O=C(COc1ccccc1)N[C@@H]1CO[C@@H]2[C@@H]1OC[C@@H]2Nc1nccc(-c2ccco2)n1. The summed E-state index contributed by atoms with van der Waals surface area (Å²) >= 11 is 0. The van der Waals surface area contributed by atoms with Gasteiger partial charge in [-0.15, -0.1) is 0 Å². The molecule has 0 spiro atoms. The predicted molar refractivity (Wildman–Crippen MR) is 110 cm³/mol. The van der Waals surface area contributed by atoms with Gasteiger partial charge in [-0.3, -0.25) is 4.79 Å². The molecule has 2 saturated heterocycles. The summed E-state index contributed by atoms with van der Waals surface area (Å²) in [5, 5.41) is 6.23. The summed E-state index contributed by atoms with van der Waals surface area (Å²) in [7, 11) is 0. The second-order valence-electron chi connectivity index (χ2n) is 7.37. The van der Waals surface area contributed by atoms with Gasteiger partial charge in [-0.1, -0.05) is 18.2 Å². The van der Waals surface area contributed by atoms with Crippen molar-refractivity contribution in [3.8, 4) is 17.2 Å². The van der Waals surface area contributed by atoms with Crippen LogP contribution in [0.3, 0.4) is 0 Å². The molecule has 0 bridgehead atoms. The van der Waals surface area contributed by atoms with Gasteiger partial charge in [0.1, 0.15) is 23.7 Å². The van der Waals surface area contributed by atoms with E-state index in [-0.39, 0.29) is 36.8 Å². The summed E-state index contributed by atoms with van der Waals surface area (Å²) in [4.78, 5) is 21.1. The van der Waals surface area contributed by atoms with Crippen LogP contribution in [0.25, 0.3) is 11.5 Å². The Morgan fingerprint density at radius 1 is 1.03 bits per heavy atom. The number of ether oxygens (including phenoxy) is 3. The highest BCUT2D eigenvalue weighted by Crippen LogP contribution is 2.29. The predicted octanol–water partition coefficient (Wildman–Crippen LogP) is 1.88. The first kappa shape index (κ1) is 19.5. The third-order valence-corrected chi connectivity index (χ3v) is 5.26. The highest BCUT2D eigenvalue weighted by molar-refractivity contribution is 5.78. The molecule has 4 heterocycles. The van der Waals surface area contributed by atoms with Crippen LogP contribution in [-0.4, -0.2) is 60.0 Å². The third kappa shape index (κ3) is 4.37. The van der Waals surface area contributed by atoms with Crippen LogP contribution in [-0.2, 0) is 14.3 Å². The van der Waals surface area contributed by atoms with E-state index < -0.39 is 0 Å². The van der Waals surface area contributed by atoms with E-state index in [2.05, 4.69) is 20.6 Å². The first-order chi connectivity index (χ1) is 15.3. The van der Waals surface area contributed by atoms with Crippen LogP contribution < -0.4 is 15.4 Å². The summed E-state index contributed by atoms with van der Waals surface area (Å²) in [5.41, 5.74) is 0.689. The van der Waals surface area contributed by atoms with E-state index in [0.717, 1.165) is 0 Å². The minimum atomic E-state index is -0.244. The van der Waals surface area contributed by atoms with Crippen molar-refractivity contribution >= 4 is 11.9 Å². The zero-order valence-corrected chi connectivity index (χ0v) is 16.6. The average molecular weight is 422 g/mol. The fourth-order valence-corrected chi connectivity index (χ4v) is 3.82. The van der Waals surface area contributed by atoms with Crippen molar-refractivity contribution in [3.05, 3.63) is 61.0 Å². The third-order valence-electron chi connectivity index (χ3n) is 5.26. The van der Waals surface area contributed by atoms with Gasteiger partial charge in [-0.2, -0.15) is 0 Å². The zero-order valence-electron chi connectivity index (χ0n) is 16.6. The Hall–Kier alpha value is -3.43. The van der Waals surface area contributed by atoms with Gasteiger partial charge in [0.05, 0.1) is 31.6 Å². The lowest BCUT2D eigenvalue weighted by Gasteiger charge is -2.18. The number of fused-ring (bicyclic) bond motifs is 1. The van der Waals surface area contributed by atoms with Crippen LogP contribution >= 0.6 is 0 Å². The molecule has 2 aromatic heterocycles. The van der Waals surface area contributed by atoms with Crippen molar-refractivity contribution in [1.29, 1.82) is 0 Å². The monoisotopic (exact) mass is 422 g/mol. The Bertz CT molecular complexity index is 1010. The first-order valence-electron chi connectivity index (χ1n) is 10.1. The minimum Gasteiger partial charge on any atom is -0.484 e. The number of carbonyl (C=O) groups is 1. The number of furan rings is 1. The van der Waals surface area contributed by atoms with Gasteiger partial charge in [0, 0.05) is 6.20 Å². The molecule has 2 fully saturated rings. The number of hydrogen-bond donors (Lipinski definition) is 2. The standard InChI is InChI=1S/C22H22N4O5/c27-19(13-29-14-5-2-1-3-6-14)24-16-11-30-21-17(12-31-20(16)21)26-22-23-9-8-15(25-22)18-7-4-10-28-18/h1-10,16-17,20-21H,11-13H2,(H,24,27)(H,23,25,26)/t16-,17+,20-,21+/m1/s1. The zero-order chi connectivity index (χ0) is 21.0. The number of benzene rings is 1. The second-order valence-corrected chi connectivity index (χ2v) is 7.37. The van der Waals surface area contributed by atoms with E-state index in [1.807, 2.05) is 30.3 Å². The van der Waals surface area contributed by atoms with Crippen LogP contribution in [0.15, 0.2) is 65.4 Å². The maximum Gasteiger partial charge on any atom is 0.258 e. The second kappa shape index (κ2) is 8.75. The average Bonchev–Trinajstić information content (AvgIpc) is 3.54. The number of aromatic nitrogens is 2. The number of para-hydroxylation sites is 1. The number of nitrogens with zero attached hydrogens (tertiary/aromatic N) is 2. The van der Waals surface area contributed by atoms with Gasteiger partial charge in [-0.25, -0.2) is 9.97 Å². The Kier molecular flexibility index (Phi) is 5.51. The van der Waals surface area contributed by atoms with Gasteiger partial charge in [0.2, 0.25) is 5.95 Å². The number of nitrogens with one attached hydrogen (secondary N) is 2. The highest BCUT2D eigenvalue weighted by atomic mass is 16.6. The fraction of sp³-hybridized carbons (Fsp3) is 0.318. The van der Waals surface area contributed by atoms with E-state index in [4.69, 9.17) is 18.6 Å². The first-order valence-corrected chi connectivity index (χ1v) is 10.1. The Labute approximate surface area is 178 Å². The number of rotatable bonds is 7. The molecule has 1 aromatic carbocycles. The molecule has 0 radical (unpaired) electrons. The largest absolute Gasteiger partial charge is 0.484 e. The molecular formula is C22H22N4O5. The lowest BCUT2D eigenvalue weighted by molar-refractivity contribution is -0.124. The van der Waals surface area contributed by atoms with E-state index in [1.165, 1.54) is 0 Å². The molecule has 3 aromatic rings. The molecule has 0 aliphatic carbocycles. The molecule has 31 heavy (non-hydrogen) atoms. The Morgan fingerprint density at radius 2 is 1.84 bits per heavy atom. The Balaban J connectivity index is 1.16. The molecule has 9 heteroatoms. The van der Waals surface area contributed by atoms with Crippen molar-refractivity contribution < 1.29 is 23.4 Å². The van der Waals surface area contributed by atoms with Gasteiger partial charge < -0.3 is 29.3 Å². The van der Waals surface area contributed by atoms with Gasteiger partial charge >= 0.3 is 0 Å². The maximum absolute atomic E-state index is 12.3. The molecule has 0 saturated carbocycles.